The molecule has 0 radical (unpaired) electrons. The highest BCUT2D eigenvalue weighted by molar-refractivity contribution is 8.13. The Morgan fingerprint density at radius 1 is 0.820 bits per heavy atom. The third-order valence-electron chi connectivity index (χ3n) is 8.62. The van der Waals surface area contributed by atoms with E-state index in [1.807, 2.05) is 78.9 Å². The van der Waals surface area contributed by atoms with Crippen molar-refractivity contribution in [1.82, 2.24) is 9.37 Å². The third kappa shape index (κ3) is 9.36. The van der Waals surface area contributed by atoms with Crippen LogP contribution in [0.1, 0.15) is 24.8 Å². The van der Waals surface area contributed by atoms with E-state index in [0.29, 0.717) is 19.4 Å². The maximum atomic E-state index is 13.8. The Morgan fingerprint density at radius 3 is 1.94 bits per heavy atom. The van der Waals surface area contributed by atoms with Gasteiger partial charge in [0, 0.05) is 47.7 Å². The van der Waals surface area contributed by atoms with Crippen molar-refractivity contribution in [3.8, 4) is 5.75 Å². The average Bonchev–Trinajstić information content (AvgIpc) is 3.56. The molecule has 0 unspecified atom stereocenters. The fourth-order valence-electron chi connectivity index (χ4n) is 5.79. The number of carbonyl (C=O) groups is 1. The van der Waals surface area contributed by atoms with Crippen LogP contribution in [0.25, 0.3) is 21.5 Å². The molecule has 0 aliphatic carbocycles. The fraction of sp³-hybridized carbons (Fsp3) is 0.270. The van der Waals surface area contributed by atoms with Crippen LogP contribution in [0.15, 0.2) is 119 Å². The second-order valence-electron chi connectivity index (χ2n) is 11.8. The summed E-state index contributed by atoms with van der Waals surface area (Å²) in [5.41, 5.74) is 1.16. The second-order valence-corrected chi connectivity index (χ2v) is 17.6. The molecule has 6 rings (SSSR count). The molecule has 264 valence electrons. The van der Waals surface area contributed by atoms with Crippen LogP contribution in [0.2, 0.25) is 0 Å². The van der Waals surface area contributed by atoms with Gasteiger partial charge in [-0.25, -0.2) is 21.9 Å². The highest BCUT2D eigenvalue weighted by atomic mass is 35.7. The molecule has 0 saturated carbocycles. The van der Waals surface area contributed by atoms with Crippen molar-refractivity contribution in [2.45, 2.75) is 46.1 Å². The lowest BCUT2D eigenvalue weighted by Crippen LogP contribution is -2.37. The first-order valence-corrected chi connectivity index (χ1v) is 20.7. The molecule has 2 atom stereocenters. The maximum absolute atomic E-state index is 13.8. The molecule has 0 N–H and O–H groups in total. The number of nitrogens with zero attached hydrogens (tertiary/aromatic N) is 2. The van der Waals surface area contributed by atoms with E-state index < -0.39 is 19.1 Å². The molecule has 1 amide bonds. The molecule has 1 fully saturated rings. The molecule has 50 heavy (non-hydrogen) atoms. The van der Waals surface area contributed by atoms with Crippen molar-refractivity contribution in [3.63, 3.8) is 0 Å². The van der Waals surface area contributed by atoms with Crippen LogP contribution >= 0.6 is 22.4 Å². The van der Waals surface area contributed by atoms with Crippen molar-refractivity contribution in [1.29, 1.82) is 0 Å². The number of rotatable bonds is 11. The number of benzene rings is 5. The van der Waals surface area contributed by atoms with Gasteiger partial charge in [-0.05, 0) is 76.3 Å². The van der Waals surface area contributed by atoms with Gasteiger partial charge in [0.05, 0.1) is 24.0 Å². The monoisotopic (exact) mass is 754 g/mol. The van der Waals surface area contributed by atoms with Crippen LogP contribution in [0.5, 0.6) is 5.75 Å². The van der Waals surface area contributed by atoms with E-state index in [9.17, 15) is 21.6 Å². The van der Waals surface area contributed by atoms with Gasteiger partial charge in [0.15, 0.2) is 0 Å². The molecule has 1 aliphatic heterocycles. The number of carbonyl (C=O) groups excluding carboxylic acids is 1. The van der Waals surface area contributed by atoms with Gasteiger partial charge in [0.2, 0.25) is 15.9 Å². The van der Waals surface area contributed by atoms with Crippen molar-refractivity contribution < 1.29 is 31.2 Å². The Labute approximate surface area is 302 Å². The van der Waals surface area contributed by atoms with Gasteiger partial charge in [-0.2, -0.15) is 16.1 Å². The van der Waals surface area contributed by atoms with E-state index in [1.165, 1.54) is 18.2 Å². The number of thioether (sulfide) groups is 1. The first-order valence-electron chi connectivity index (χ1n) is 15.9. The van der Waals surface area contributed by atoms with E-state index >= 15 is 0 Å². The zero-order valence-electron chi connectivity index (χ0n) is 27.9. The molecule has 1 heterocycles. The van der Waals surface area contributed by atoms with Gasteiger partial charge in [-0.1, -0.05) is 72.8 Å². The summed E-state index contributed by atoms with van der Waals surface area (Å²) >= 11 is 1.75. The summed E-state index contributed by atoms with van der Waals surface area (Å²) in [5, 5.41) is 5.06. The van der Waals surface area contributed by atoms with Crippen molar-refractivity contribution >= 4 is 69.0 Å². The molecular weight excluding hydrogens is 716 g/mol. The molecule has 5 aromatic carbocycles. The minimum Gasteiger partial charge on any atom is -0.497 e. The minimum atomic E-state index is -3.73. The molecule has 1 aliphatic rings. The molecule has 9 nitrogen and oxygen atoms in total. The lowest BCUT2D eigenvalue weighted by Gasteiger charge is -2.24. The van der Waals surface area contributed by atoms with E-state index in [2.05, 4.69) is 0 Å². The summed E-state index contributed by atoms with van der Waals surface area (Å²) < 4.78 is 56.5. The molecule has 1 saturated heterocycles. The highest BCUT2D eigenvalue weighted by Crippen LogP contribution is 2.36. The summed E-state index contributed by atoms with van der Waals surface area (Å²) in [6, 6.07) is 33.0. The Hall–Kier alpha value is -3.65. The van der Waals surface area contributed by atoms with Crippen LogP contribution in [0.3, 0.4) is 0 Å². The average molecular weight is 755 g/mol. The van der Waals surface area contributed by atoms with Crippen LogP contribution in [0, 0.1) is 0 Å². The van der Waals surface area contributed by atoms with Crippen LogP contribution in [-0.2, 0) is 34.5 Å². The quantitative estimate of drug-likeness (QED) is 0.101. The molecular formula is C37H39ClN2O7S3. The van der Waals surface area contributed by atoms with E-state index in [1.54, 1.807) is 54.5 Å². The summed E-state index contributed by atoms with van der Waals surface area (Å²) in [4.78, 5) is 17.8. The van der Waals surface area contributed by atoms with Gasteiger partial charge >= 0.3 is 0 Å². The van der Waals surface area contributed by atoms with E-state index in [4.69, 9.17) is 20.3 Å². The number of hydroxylamine groups is 2. The fourth-order valence-corrected chi connectivity index (χ4v) is 9.66. The standard InChI is InChI=1S/C27H32N2O5S2.C10H7ClO2S/c1-28(34-3)27(30)15-11-23-17-25(35-19-20-8-12-24(33-2)13-9-20)18-29(23)36(31,32)26-14-10-21-6-4-5-7-22(21)16-26;11-14(12,13)10-6-5-8-3-1-2-4-9(8)7-10/h4-10,12-14,16,23,25H,11,15,17-19H2,1-3H3;1-7H/t23-,25-;/m1./s1. The van der Waals surface area contributed by atoms with Gasteiger partial charge in [-0.15, -0.1) is 0 Å². The van der Waals surface area contributed by atoms with Gasteiger partial charge in [-0.3, -0.25) is 9.63 Å². The molecule has 0 spiro atoms. The minimum absolute atomic E-state index is 0.127. The predicted molar refractivity (Wildman–Crippen MR) is 200 cm³/mol. The van der Waals surface area contributed by atoms with Gasteiger partial charge in [0.1, 0.15) is 5.75 Å². The smallest absolute Gasteiger partial charge is 0.261 e. The number of hydrogen-bond donors (Lipinski definition) is 0. The van der Waals surface area contributed by atoms with Crippen molar-refractivity contribution in [2.24, 2.45) is 0 Å². The van der Waals surface area contributed by atoms with Crippen molar-refractivity contribution in [2.75, 3.05) is 27.8 Å². The number of fused-ring (bicyclic) bond motifs is 2. The van der Waals surface area contributed by atoms with Crippen molar-refractivity contribution in [3.05, 3.63) is 115 Å². The van der Waals surface area contributed by atoms with E-state index in [-0.39, 0.29) is 33.4 Å². The zero-order valence-corrected chi connectivity index (χ0v) is 31.1. The highest BCUT2D eigenvalue weighted by Gasteiger charge is 2.40. The van der Waals surface area contributed by atoms with Gasteiger partial charge < -0.3 is 4.74 Å². The largest absolute Gasteiger partial charge is 0.497 e. The number of sulfonamides is 1. The lowest BCUT2D eigenvalue weighted by molar-refractivity contribution is -0.168. The zero-order chi connectivity index (χ0) is 35.9. The summed E-state index contributed by atoms with van der Waals surface area (Å²) in [5.74, 6) is 1.41. The molecule has 13 heteroatoms. The summed E-state index contributed by atoms with van der Waals surface area (Å²) in [6.07, 6.45) is 1.35. The van der Waals surface area contributed by atoms with Crippen LogP contribution in [0.4, 0.5) is 0 Å². The Bertz CT molecular complexity index is 2160. The third-order valence-corrected chi connectivity index (χ3v) is 13.2. The number of amides is 1. The molecule has 0 bridgehead atoms. The first-order chi connectivity index (χ1) is 23.9. The second kappa shape index (κ2) is 16.6. The Morgan fingerprint density at radius 2 is 1.38 bits per heavy atom. The molecule has 0 aromatic heterocycles. The predicted octanol–water partition coefficient (Wildman–Crippen LogP) is 7.48. The van der Waals surface area contributed by atoms with E-state index in [0.717, 1.165) is 38.6 Å². The van der Waals surface area contributed by atoms with Crippen LogP contribution in [-0.4, -0.2) is 71.2 Å². The molecule has 5 aromatic rings. The number of methoxy groups -OCH3 is 1. The summed E-state index contributed by atoms with van der Waals surface area (Å²) in [7, 11) is 2.52. The Balaban J connectivity index is 0.000000288. The maximum Gasteiger partial charge on any atom is 0.261 e. The van der Waals surface area contributed by atoms with Gasteiger partial charge in [0.25, 0.3) is 9.05 Å². The number of hydrogen-bond acceptors (Lipinski definition) is 8. The first kappa shape index (κ1) is 37.6. The topological polar surface area (TPSA) is 110 Å². The SMILES string of the molecule is COc1ccc(CS[C@@H]2C[C@@H](CCC(=O)N(C)OC)N(S(=O)(=O)c3ccc4ccccc4c3)C2)cc1.O=S(=O)(Cl)c1ccc2ccccc2c1. The van der Waals surface area contributed by atoms with Crippen LogP contribution < -0.4 is 4.74 Å². The number of halogens is 1. The normalized spacial score (nSPS) is 16.6. The summed E-state index contributed by atoms with van der Waals surface area (Å²) in [6.45, 7) is 0.412. The number of ether oxygens (including phenoxy) is 1. The Kier molecular flexibility index (Phi) is 12.5. The lowest BCUT2D eigenvalue weighted by atomic mass is 10.1.